The van der Waals surface area contributed by atoms with Crippen LogP contribution >= 0.6 is 0 Å². The second kappa shape index (κ2) is 2.01. The van der Waals surface area contributed by atoms with Crippen LogP contribution in [0.15, 0.2) is 0 Å². The molecule has 0 aromatic carbocycles. The van der Waals surface area contributed by atoms with Gasteiger partial charge < -0.3 is 5.73 Å². The average molecular weight is 151 g/mol. The summed E-state index contributed by atoms with van der Waals surface area (Å²) in [5.41, 5.74) is 6.14. The van der Waals surface area contributed by atoms with Crippen LogP contribution in [0, 0.1) is 23.7 Å². The van der Waals surface area contributed by atoms with Crippen molar-refractivity contribution in [3.63, 3.8) is 0 Å². The molecular formula is C10H17N. The number of fused-ring (bicyclic) bond motifs is 2. The average Bonchev–Trinajstić information content (AvgIpc) is 2.19. The van der Waals surface area contributed by atoms with Crippen molar-refractivity contribution in [3.8, 4) is 0 Å². The van der Waals surface area contributed by atoms with E-state index < -0.39 is 0 Å². The van der Waals surface area contributed by atoms with Crippen LogP contribution in [0.5, 0.6) is 0 Å². The molecule has 0 aromatic rings. The van der Waals surface area contributed by atoms with Gasteiger partial charge in [-0.15, -0.1) is 0 Å². The quantitative estimate of drug-likeness (QED) is 0.561. The van der Waals surface area contributed by atoms with E-state index in [0.29, 0.717) is 6.04 Å². The van der Waals surface area contributed by atoms with E-state index in [1.807, 2.05) is 0 Å². The van der Waals surface area contributed by atoms with Crippen molar-refractivity contribution in [2.75, 3.05) is 0 Å². The fourth-order valence-corrected chi connectivity index (χ4v) is 4.01. The highest BCUT2D eigenvalue weighted by atomic mass is 14.7. The number of rotatable bonds is 0. The van der Waals surface area contributed by atoms with E-state index in [0.717, 1.165) is 23.7 Å². The number of hydrogen-bond donors (Lipinski definition) is 1. The first-order valence-corrected chi connectivity index (χ1v) is 5.08. The summed E-state index contributed by atoms with van der Waals surface area (Å²) in [6.07, 6.45) is 7.38. The Hall–Kier alpha value is -0.0400. The summed E-state index contributed by atoms with van der Waals surface area (Å²) < 4.78 is 0. The van der Waals surface area contributed by atoms with Gasteiger partial charge in [0.2, 0.25) is 0 Å². The molecule has 3 aliphatic rings. The highest BCUT2D eigenvalue weighted by Gasteiger charge is 2.47. The van der Waals surface area contributed by atoms with E-state index in [1.165, 1.54) is 32.1 Å². The van der Waals surface area contributed by atoms with Crippen molar-refractivity contribution in [3.05, 3.63) is 0 Å². The topological polar surface area (TPSA) is 26.0 Å². The molecule has 0 amide bonds. The smallest absolute Gasteiger partial charge is 0.00725 e. The fraction of sp³-hybridized carbons (Fsp3) is 1.00. The predicted molar refractivity (Wildman–Crippen MR) is 45.0 cm³/mol. The van der Waals surface area contributed by atoms with Crippen molar-refractivity contribution in [2.24, 2.45) is 29.4 Å². The van der Waals surface area contributed by atoms with Crippen LogP contribution in [-0.2, 0) is 0 Å². The first kappa shape index (κ1) is 6.47. The normalized spacial score (nSPS) is 60.3. The molecule has 3 aliphatic carbocycles. The standard InChI is InChI=1S/C10H17N/c11-10-5-7-1-6-2-8(3-7)9(10)4-6/h6-10H,1-5,11H2/t6-,7-,8-,9+,10-/m0/s1. The van der Waals surface area contributed by atoms with E-state index in [9.17, 15) is 0 Å². The minimum absolute atomic E-state index is 0.575. The molecule has 62 valence electrons. The third-order valence-electron chi connectivity index (χ3n) is 4.31. The fourth-order valence-electron chi connectivity index (χ4n) is 4.01. The summed E-state index contributed by atoms with van der Waals surface area (Å²) in [4.78, 5) is 0. The lowest BCUT2D eigenvalue weighted by atomic mass is 9.70. The molecule has 3 saturated carbocycles. The zero-order valence-corrected chi connectivity index (χ0v) is 7.00. The molecule has 1 nitrogen and oxygen atoms in total. The summed E-state index contributed by atoms with van der Waals surface area (Å²) in [5, 5.41) is 0. The lowest BCUT2D eigenvalue weighted by molar-refractivity contribution is 0.156. The van der Waals surface area contributed by atoms with Crippen LogP contribution in [0.25, 0.3) is 0 Å². The SMILES string of the molecule is N[C@H]1C[C@H]2C[C@H]3C[C@@H](C2)[C@H]1C3. The summed E-state index contributed by atoms with van der Waals surface area (Å²) in [6.45, 7) is 0. The third-order valence-corrected chi connectivity index (χ3v) is 4.31. The van der Waals surface area contributed by atoms with Gasteiger partial charge >= 0.3 is 0 Å². The van der Waals surface area contributed by atoms with Gasteiger partial charge in [-0.05, 0) is 55.8 Å². The maximum atomic E-state index is 6.14. The Balaban J connectivity index is 1.94. The summed E-state index contributed by atoms with van der Waals surface area (Å²) in [5.74, 6) is 4.08. The third kappa shape index (κ3) is 0.807. The van der Waals surface area contributed by atoms with Gasteiger partial charge in [0.15, 0.2) is 0 Å². The van der Waals surface area contributed by atoms with Crippen molar-refractivity contribution < 1.29 is 0 Å². The van der Waals surface area contributed by atoms with E-state index >= 15 is 0 Å². The summed E-state index contributed by atoms with van der Waals surface area (Å²) in [6, 6.07) is 0.575. The minimum Gasteiger partial charge on any atom is -0.327 e. The Morgan fingerprint density at radius 1 is 0.818 bits per heavy atom. The van der Waals surface area contributed by atoms with Crippen LogP contribution in [0.1, 0.15) is 32.1 Å². The van der Waals surface area contributed by atoms with Gasteiger partial charge in [-0.25, -0.2) is 0 Å². The Kier molecular flexibility index (Phi) is 1.18. The van der Waals surface area contributed by atoms with E-state index in [2.05, 4.69) is 0 Å². The van der Waals surface area contributed by atoms with Crippen LogP contribution in [0.4, 0.5) is 0 Å². The molecule has 2 N–H and O–H groups in total. The maximum Gasteiger partial charge on any atom is 0.00725 e. The molecule has 1 heteroatoms. The van der Waals surface area contributed by atoms with Crippen molar-refractivity contribution in [2.45, 2.75) is 38.1 Å². The first-order chi connectivity index (χ1) is 5.33. The molecule has 3 bridgehead atoms. The molecule has 3 rings (SSSR count). The van der Waals surface area contributed by atoms with Crippen LogP contribution in [0.2, 0.25) is 0 Å². The second-order valence-corrected chi connectivity index (χ2v) is 5.00. The highest BCUT2D eigenvalue weighted by Crippen LogP contribution is 2.54. The number of nitrogens with two attached hydrogens (primary N) is 1. The molecule has 5 atom stereocenters. The van der Waals surface area contributed by atoms with Crippen molar-refractivity contribution >= 4 is 0 Å². The van der Waals surface area contributed by atoms with E-state index in [-0.39, 0.29) is 0 Å². The van der Waals surface area contributed by atoms with Gasteiger partial charge in [-0.2, -0.15) is 0 Å². The highest BCUT2D eigenvalue weighted by molar-refractivity contribution is 5.00. The van der Waals surface area contributed by atoms with Gasteiger partial charge in [0.25, 0.3) is 0 Å². The van der Waals surface area contributed by atoms with Gasteiger partial charge in [0.1, 0.15) is 0 Å². The maximum absolute atomic E-state index is 6.14. The van der Waals surface area contributed by atoms with Crippen LogP contribution in [0.3, 0.4) is 0 Å². The monoisotopic (exact) mass is 151 g/mol. The second-order valence-electron chi connectivity index (χ2n) is 5.00. The Bertz CT molecular complexity index is 173. The molecule has 0 aromatic heterocycles. The molecule has 3 fully saturated rings. The van der Waals surface area contributed by atoms with Crippen molar-refractivity contribution in [1.82, 2.24) is 0 Å². The molecule has 0 saturated heterocycles. The van der Waals surface area contributed by atoms with E-state index in [1.54, 1.807) is 0 Å². The Morgan fingerprint density at radius 3 is 2.36 bits per heavy atom. The zero-order valence-electron chi connectivity index (χ0n) is 7.00. The molecule has 0 radical (unpaired) electrons. The number of hydrogen-bond acceptors (Lipinski definition) is 1. The molecule has 11 heavy (non-hydrogen) atoms. The first-order valence-electron chi connectivity index (χ1n) is 5.08. The minimum atomic E-state index is 0.575. The Morgan fingerprint density at radius 2 is 1.55 bits per heavy atom. The van der Waals surface area contributed by atoms with E-state index in [4.69, 9.17) is 5.73 Å². The molecule has 0 unspecified atom stereocenters. The summed E-state index contributed by atoms with van der Waals surface area (Å²) in [7, 11) is 0. The molecule has 0 aliphatic heterocycles. The Labute approximate surface area is 68.3 Å². The van der Waals surface area contributed by atoms with Gasteiger partial charge in [0.05, 0.1) is 0 Å². The van der Waals surface area contributed by atoms with Crippen LogP contribution < -0.4 is 5.73 Å². The molecule has 0 spiro atoms. The van der Waals surface area contributed by atoms with Gasteiger partial charge in [0, 0.05) is 6.04 Å². The lowest BCUT2D eigenvalue weighted by Gasteiger charge is -2.37. The van der Waals surface area contributed by atoms with Crippen molar-refractivity contribution in [1.29, 1.82) is 0 Å². The van der Waals surface area contributed by atoms with Crippen LogP contribution in [-0.4, -0.2) is 6.04 Å². The zero-order chi connectivity index (χ0) is 7.42. The van der Waals surface area contributed by atoms with Gasteiger partial charge in [-0.1, -0.05) is 0 Å². The molecular weight excluding hydrogens is 134 g/mol. The predicted octanol–water partition coefficient (Wildman–Crippen LogP) is 1.77. The lowest BCUT2D eigenvalue weighted by Crippen LogP contribution is -2.39. The summed E-state index contributed by atoms with van der Waals surface area (Å²) >= 11 is 0. The molecule has 0 heterocycles. The largest absolute Gasteiger partial charge is 0.327 e. The van der Waals surface area contributed by atoms with Gasteiger partial charge in [-0.3, -0.25) is 0 Å².